The minimum atomic E-state index is -4.75. The van der Waals surface area contributed by atoms with E-state index in [0.29, 0.717) is 17.5 Å². The molecule has 2 N–H and O–H groups in total. The number of benzene rings is 1. The fraction of sp³-hybridized carbons (Fsp3) is 0.481. The Morgan fingerprint density at radius 1 is 1.19 bits per heavy atom. The second-order valence-electron chi connectivity index (χ2n) is 10.5. The van der Waals surface area contributed by atoms with Crippen molar-refractivity contribution in [3.05, 3.63) is 46.6 Å². The number of rotatable bonds is 8. The number of halogens is 5. The van der Waals surface area contributed by atoms with Crippen LogP contribution in [0.4, 0.5) is 38.7 Å². The van der Waals surface area contributed by atoms with E-state index in [1.807, 2.05) is 0 Å². The Hall–Kier alpha value is -3.43. The predicted molar refractivity (Wildman–Crippen MR) is 146 cm³/mol. The maximum atomic E-state index is 15.6. The molecule has 2 aliphatic heterocycles. The van der Waals surface area contributed by atoms with Crippen LogP contribution in [0, 0.1) is 11.6 Å². The largest absolute Gasteiger partial charge is 0.479 e. The highest BCUT2D eigenvalue weighted by Crippen LogP contribution is 2.39. The van der Waals surface area contributed by atoms with Gasteiger partial charge in [0, 0.05) is 56.1 Å². The number of hydrogen-bond acceptors (Lipinski definition) is 9. The number of aliphatic carboxylic acids is 1. The highest BCUT2D eigenvalue weighted by atomic mass is 32.1. The maximum absolute atomic E-state index is 15.6. The van der Waals surface area contributed by atoms with Crippen molar-refractivity contribution >= 4 is 34.1 Å². The number of methoxy groups -OCH3 is 1. The van der Waals surface area contributed by atoms with Crippen molar-refractivity contribution in [3.8, 4) is 11.3 Å². The van der Waals surface area contributed by atoms with Crippen molar-refractivity contribution < 1.29 is 36.6 Å². The molecular formula is C27H29F5N6O3S. The molecule has 0 unspecified atom stereocenters. The van der Waals surface area contributed by atoms with Crippen molar-refractivity contribution in [1.29, 1.82) is 0 Å². The molecule has 15 heteroatoms. The Morgan fingerprint density at radius 2 is 1.93 bits per heavy atom. The minimum Gasteiger partial charge on any atom is -0.479 e. The highest BCUT2D eigenvalue weighted by Gasteiger charge is 2.42. The molecule has 226 valence electrons. The summed E-state index contributed by atoms with van der Waals surface area (Å²) in [6.07, 6.45) is -1.41. The number of ether oxygens (including phenoxy) is 1. The molecule has 2 aromatic heterocycles. The number of carboxylic acid groups (broad SMARTS) is 1. The summed E-state index contributed by atoms with van der Waals surface area (Å²) in [7, 11) is 1.33. The Morgan fingerprint density at radius 3 is 2.55 bits per heavy atom. The molecule has 2 saturated heterocycles. The number of hydrogen-bond donors (Lipinski definition) is 2. The first kappa shape index (κ1) is 30.0. The van der Waals surface area contributed by atoms with E-state index in [1.54, 1.807) is 4.90 Å². The summed E-state index contributed by atoms with van der Waals surface area (Å²) >= 11 is 1.12. The fourth-order valence-corrected chi connectivity index (χ4v) is 6.40. The van der Waals surface area contributed by atoms with Gasteiger partial charge < -0.3 is 20.1 Å². The molecule has 2 aliphatic rings. The van der Waals surface area contributed by atoms with Gasteiger partial charge in [0.05, 0.1) is 11.3 Å². The van der Waals surface area contributed by atoms with Gasteiger partial charge in [-0.1, -0.05) is 11.3 Å². The third-order valence-corrected chi connectivity index (χ3v) is 8.84. The van der Waals surface area contributed by atoms with E-state index in [1.165, 1.54) is 7.11 Å². The lowest BCUT2D eigenvalue weighted by molar-refractivity contribution is -0.164. The van der Waals surface area contributed by atoms with Crippen molar-refractivity contribution in [3.63, 3.8) is 0 Å². The number of nitrogens with zero attached hydrogens (tertiary/aromatic N) is 5. The molecule has 1 atom stereocenters. The van der Waals surface area contributed by atoms with E-state index in [-0.39, 0.29) is 60.0 Å². The molecular weight excluding hydrogens is 583 g/mol. The van der Waals surface area contributed by atoms with Crippen molar-refractivity contribution in [2.45, 2.75) is 57.0 Å². The monoisotopic (exact) mass is 612 g/mol. The van der Waals surface area contributed by atoms with Gasteiger partial charge in [-0.3, -0.25) is 4.90 Å². The smallest absolute Gasteiger partial charge is 0.416 e. The SMILES string of the molecule is COC1(C(=O)O)CCN(c2ncnc(Nc3nc(-c4cc(F)cc(C(F)(F)F)c4)c(CN4CCC[C@H]4C)s3)c2F)CC1. The Kier molecular flexibility index (Phi) is 8.36. The normalized spacial score (nSPS) is 19.3. The number of carboxylic acids is 1. The number of aromatic nitrogens is 3. The molecule has 2 fully saturated rings. The van der Waals surface area contributed by atoms with E-state index < -0.39 is 34.9 Å². The zero-order valence-corrected chi connectivity index (χ0v) is 23.7. The van der Waals surface area contributed by atoms with Crippen LogP contribution in [0.15, 0.2) is 24.5 Å². The molecule has 3 aromatic rings. The zero-order chi connectivity index (χ0) is 30.2. The number of alkyl halides is 3. The summed E-state index contributed by atoms with van der Waals surface area (Å²) in [6.45, 7) is 3.58. The molecule has 0 aliphatic carbocycles. The summed E-state index contributed by atoms with van der Waals surface area (Å²) in [5, 5.41) is 12.5. The topological polar surface area (TPSA) is 104 Å². The number of thiazole rings is 1. The molecule has 1 aromatic carbocycles. The Labute approximate surface area is 242 Å². The van der Waals surface area contributed by atoms with E-state index in [4.69, 9.17) is 4.74 Å². The van der Waals surface area contributed by atoms with Gasteiger partial charge in [-0.2, -0.15) is 17.6 Å². The average molecular weight is 613 g/mol. The van der Waals surface area contributed by atoms with E-state index in [9.17, 15) is 27.5 Å². The summed E-state index contributed by atoms with van der Waals surface area (Å²) in [5.74, 6) is -3.18. The van der Waals surface area contributed by atoms with E-state index in [0.717, 1.165) is 49.2 Å². The van der Waals surface area contributed by atoms with Crippen molar-refractivity contribution in [1.82, 2.24) is 19.9 Å². The molecule has 0 radical (unpaired) electrons. The number of anilines is 3. The highest BCUT2D eigenvalue weighted by molar-refractivity contribution is 7.16. The van der Waals surface area contributed by atoms with Crippen LogP contribution < -0.4 is 10.2 Å². The van der Waals surface area contributed by atoms with Gasteiger partial charge in [-0.15, -0.1) is 0 Å². The van der Waals surface area contributed by atoms with Gasteiger partial charge >= 0.3 is 12.1 Å². The van der Waals surface area contributed by atoms with Crippen LogP contribution in [0.5, 0.6) is 0 Å². The quantitative estimate of drug-likeness (QED) is 0.311. The number of nitrogens with one attached hydrogen (secondary N) is 1. The summed E-state index contributed by atoms with van der Waals surface area (Å²) < 4.78 is 75.6. The van der Waals surface area contributed by atoms with Crippen LogP contribution in [0.1, 0.15) is 43.0 Å². The van der Waals surface area contributed by atoms with Gasteiger partial charge in [-0.25, -0.2) is 24.1 Å². The van der Waals surface area contributed by atoms with Crippen LogP contribution >= 0.6 is 11.3 Å². The molecule has 4 heterocycles. The maximum Gasteiger partial charge on any atom is 0.416 e. The number of piperidine rings is 1. The van der Waals surface area contributed by atoms with Gasteiger partial charge in [0.1, 0.15) is 12.1 Å². The zero-order valence-electron chi connectivity index (χ0n) is 22.8. The van der Waals surface area contributed by atoms with Gasteiger partial charge in [-0.05, 0) is 44.5 Å². The molecule has 0 spiro atoms. The second-order valence-corrected chi connectivity index (χ2v) is 11.5. The Bertz CT molecular complexity index is 1460. The average Bonchev–Trinajstić information content (AvgIpc) is 3.54. The lowest BCUT2D eigenvalue weighted by Crippen LogP contribution is -2.51. The van der Waals surface area contributed by atoms with E-state index >= 15 is 4.39 Å². The van der Waals surface area contributed by atoms with Crippen molar-refractivity contribution in [2.75, 3.05) is 37.0 Å². The molecule has 0 saturated carbocycles. The lowest BCUT2D eigenvalue weighted by atomic mass is 9.91. The number of carbonyl (C=O) groups is 1. The van der Waals surface area contributed by atoms with Gasteiger partial charge in [0.25, 0.3) is 0 Å². The van der Waals surface area contributed by atoms with Crippen LogP contribution in [0.25, 0.3) is 11.3 Å². The van der Waals surface area contributed by atoms with E-state index in [2.05, 4.69) is 32.1 Å². The minimum absolute atomic E-state index is 0.0364. The molecule has 5 rings (SSSR count). The van der Waals surface area contributed by atoms with Gasteiger partial charge in [0.15, 0.2) is 22.4 Å². The van der Waals surface area contributed by atoms with Crippen molar-refractivity contribution in [2.24, 2.45) is 0 Å². The lowest BCUT2D eigenvalue weighted by Gasteiger charge is -2.38. The first-order chi connectivity index (χ1) is 19.9. The van der Waals surface area contributed by atoms with Crippen LogP contribution in [0.2, 0.25) is 0 Å². The predicted octanol–water partition coefficient (Wildman–Crippen LogP) is 5.70. The third kappa shape index (κ3) is 6.03. The summed E-state index contributed by atoms with van der Waals surface area (Å²) in [5.41, 5.74) is -2.36. The Balaban J connectivity index is 1.45. The van der Waals surface area contributed by atoms with Crippen LogP contribution in [-0.4, -0.2) is 69.3 Å². The first-order valence-electron chi connectivity index (χ1n) is 13.3. The summed E-state index contributed by atoms with van der Waals surface area (Å²) in [6, 6.07) is 2.54. The molecule has 9 nitrogen and oxygen atoms in total. The standard InChI is InChI=1S/C27H29F5N6O3S/c1-15-4-3-7-38(15)13-19-21(16-10-17(27(30,31)32)12-18(28)11-16)35-25(42-19)36-22-20(29)23(34-14-33-22)37-8-5-26(41-2,6-9-37)24(39)40/h10-12,14-15H,3-9,13H2,1-2H3,(H,39,40)(H,33,34,35,36)/t15-/m1/s1. The second kappa shape index (κ2) is 11.7. The fourth-order valence-electron chi connectivity index (χ4n) is 5.39. The third-order valence-electron chi connectivity index (χ3n) is 7.88. The van der Waals surface area contributed by atoms with Crippen LogP contribution in [0.3, 0.4) is 0 Å². The summed E-state index contributed by atoms with van der Waals surface area (Å²) in [4.78, 5) is 28.6. The van der Waals surface area contributed by atoms with Gasteiger partial charge in [0.2, 0.25) is 5.82 Å². The number of likely N-dealkylation sites (tertiary alicyclic amines) is 1. The van der Waals surface area contributed by atoms with Crippen LogP contribution in [-0.2, 0) is 22.3 Å². The molecule has 42 heavy (non-hydrogen) atoms. The molecule has 0 amide bonds. The first-order valence-corrected chi connectivity index (χ1v) is 14.1. The molecule has 0 bridgehead atoms.